The van der Waals surface area contributed by atoms with E-state index in [1.165, 1.54) is 7.11 Å². The maximum Gasteiger partial charge on any atom is 0.319 e. The average molecular weight is 239 g/mol. The van der Waals surface area contributed by atoms with E-state index < -0.39 is 12.0 Å². The third-order valence-corrected chi connectivity index (χ3v) is 2.26. The summed E-state index contributed by atoms with van der Waals surface area (Å²) in [6, 6.07) is 8.37. The molecule has 0 bridgehead atoms. The van der Waals surface area contributed by atoms with Crippen LogP contribution in [-0.2, 0) is 9.53 Å². The number of hydrogen-bond acceptors (Lipinski definition) is 4. The first kappa shape index (κ1) is 12.5. The molecular weight excluding hydrogens is 228 g/mol. The zero-order valence-corrected chi connectivity index (χ0v) is 9.49. The monoisotopic (exact) mass is 238 g/mol. The molecule has 16 heavy (non-hydrogen) atoms. The van der Waals surface area contributed by atoms with Crippen LogP contribution in [-0.4, -0.2) is 19.6 Å². The number of nitrogens with one attached hydrogen (secondary N) is 1. The molecule has 0 aromatic heterocycles. The van der Waals surface area contributed by atoms with E-state index in [1.54, 1.807) is 24.3 Å². The fraction of sp³-hybridized carbons (Fsp3) is 0.273. The van der Waals surface area contributed by atoms with E-state index in [4.69, 9.17) is 16.9 Å². The van der Waals surface area contributed by atoms with Crippen LogP contribution >= 0.6 is 11.6 Å². The molecule has 0 aliphatic carbocycles. The standard InChI is InChI=1S/C11H11ClN2O2/c1-16-11(15)7-14-10(6-13)8-2-4-9(12)5-3-8/h2-5,10,14H,7H2,1H3. The second-order valence-electron chi connectivity index (χ2n) is 3.07. The normalized spacial score (nSPS) is 11.6. The molecular formula is C11H11ClN2O2. The highest BCUT2D eigenvalue weighted by Crippen LogP contribution is 2.15. The number of esters is 1. The van der Waals surface area contributed by atoms with E-state index in [0.29, 0.717) is 5.02 Å². The lowest BCUT2D eigenvalue weighted by atomic mass is 10.1. The lowest BCUT2D eigenvalue weighted by Crippen LogP contribution is -2.27. The van der Waals surface area contributed by atoms with Crippen LogP contribution in [0.4, 0.5) is 0 Å². The number of halogens is 1. The molecule has 1 unspecified atom stereocenters. The Morgan fingerprint density at radius 3 is 2.69 bits per heavy atom. The van der Waals surface area contributed by atoms with Gasteiger partial charge in [0.05, 0.1) is 19.7 Å². The van der Waals surface area contributed by atoms with Crippen molar-refractivity contribution in [2.45, 2.75) is 6.04 Å². The van der Waals surface area contributed by atoms with Gasteiger partial charge in [-0.3, -0.25) is 10.1 Å². The summed E-state index contributed by atoms with van der Waals surface area (Å²) in [5.74, 6) is -0.408. The maximum atomic E-state index is 10.9. The minimum Gasteiger partial charge on any atom is -0.468 e. The maximum absolute atomic E-state index is 10.9. The van der Waals surface area contributed by atoms with Crippen molar-refractivity contribution in [1.29, 1.82) is 5.26 Å². The Bertz CT molecular complexity index is 397. The third kappa shape index (κ3) is 3.54. The van der Waals surface area contributed by atoms with Crippen LogP contribution in [0.3, 0.4) is 0 Å². The molecule has 0 radical (unpaired) electrons. The number of nitriles is 1. The molecule has 0 aliphatic rings. The number of ether oxygens (including phenoxy) is 1. The molecule has 1 aromatic rings. The second-order valence-corrected chi connectivity index (χ2v) is 3.51. The van der Waals surface area contributed by atoms with Crippen LogP contribution < -0.4 is 5.32 Å². The summed E-state index contributed by atoms with van der Waals surface area (Å²) in [6.07, 6.45) is 0. The van der Waals surface area contributed by atoms with Crippen LogP contribution in [0.25, 0.3) is 0 Å². The largest absolute Gasteiger partial charge is 0.468 e. The average Bonchev–Trinajstić information content (AvgIpc) is 2.31. The molecule has 0 spiro atoms. The van der Waals surface area contributed by atoms with E-state index in [1.807, 2.05) is 0 Å². The Hall–Kier alpha value is -1.57. The van der Waals surface area contributed by atoms with Gasteiger partial charge in [-0.1, -0.05) is 23.7 Å². The van der Waals surface area contributed by atoms with Gasteiger partial charge in [-0.2, -0.15) is 5.26 Å². The minimum atomic E-state index is -0.545. The summed E-state index contributed by atoms with van der Waals surface area (Å²) in [7, 11) is 1.30. The SMILES string of the molecule is COC(=O)CNC(C#N)c1ccc(Cl)cc1. The highest BCUT2D eigenvalue weighted by Gasteiger charge is 2.11. The molecule has 0 amide bonds. The lowest BCUT2D eigenvalue weighted by Gasteiger charge is -2.10. The van der Waals surface area contributed by atoms with Gasteiger partial charge in [-0.25, -0.2) is 0 Å². The fourth-order valence-electron chi connectivity index (χ4n) is 1.15. The molecule has 0 saturated carbocycles. The molecule has 1 N–H and O–H groups in total. The van der Waals surface area contributed by atoms with Gasteiger partial charge in [-0.15, -0.1) is 0 Å². The molecule has 84 valence electrons. The molecule has 4 nitrogen and oxygen atoms in total. The predicted octanol–water partition coefficient (Wildman–Crippen LogP) is 1.67. The Morgan fingerprint density at radius 2 is 2.19 bits per heavy atom. The second kappa shape index (κ2) is 6.11. The topological polar surface area (TPSA) is 62.1 Å². The summed E-state index contributed by atoms with van der Waals surface area (Å²) in [4.78, 5) is 10.9. The highest BCUT2D eigenvalue weighted by atomic mass is 35.5. The molecule has 5 heteroatoms. The van der Waals surface area contributed by atoms with Gasteiger partial charge < -0.3 is 4.74 Å². The quantitative estimate of drug-likeness (QED) is 0.811. The van der Waals surface area contributed by atoms with Gasteiger partial charge in [0, 0.05) is 5.02 Å². The zero-order valence-electron chi connectivity index (χ0n) is 8.74. The van der Waals surface area contributed by atoms with E-state index in [-0.39, 0.29) is 6.54 Å². The number of rotatable bonds is 4. The first-order valence-electron chi connectivity index (χ1n) is 4.62. The number of hydrogen-bond donors (Lipinski definition) is 1. The van der Waals surface area contributed by atoms with Crippen LogP contribution in [0.15, 0.2) is 24.3 Å². The van der Waals surface area contributed by atoms with Gasteiger partial charge in [0.25, 0.3) is 0 Å². The molecule has 1 aromatic carbocycles. The number of nitrogens with zero attached hydrogens (tertiary/aromatic N) is 1. The van der Waals surface area contributed by atoms with Gasteiger partial charge in [0.1, 0.15) is 6.04 Å². The zero-order chi connectivity index (χ0) is 12.0. The molecule has 0 fully saturated rings. The molecule has 1 atom stereocenters. The van der Waals surface area contributed by atoms with Crippen LogP contribution in [0.5, 0.6) is 0 Å². The molecule has 1 rings (SSSR count). The van der Waals surface area contributed by atoms with Gasteiger partial charge in [-0.05, 0) is 17.7 Å². The molecule has 0 heterocycles. The Morgan fingerprint density at radius 1 is 1.56 bits per heavy atom. The lowest BCUT2D eigenvalue weighted by molar-refractivity contribution is -0.139. The van der Waals surface area contributed by atoms with Gasteiger partial charge >= 0.3 is 5.97 Å². The Balaban J connectivity index is 2.65. The van der Waals surface area contributed by atoms with Crippen LogP contribution in [0.1, 0.15) is 11.6 Å². The van der Waals surface area contributed by atoms with Crippen LogP contribution in [0, 0.1) is 11.3 Å². The van der Waals surface area contributed by atoms with Crippen LogP contribution in [0.2, 0.25) is 5.02 Å². The van der Waals surface area contributed by atoms with Gasteiger partial charge in [0.2, 0.25) is 0 Å². The summed E-state index contributed by atoms with van der Waals surface area (Å²) in [5.41, 5.74) is 0.760. The highest BCUT2D eigenvalue weighted by molar-refractivity contribution is 6.30. The first-order valence-corrected chi connectivity index (χ1v) is 5.00. The molecule has 0 aliphatic heterocycles. The number of benzene rings is 1. The van der Waals surface area contributed by atoms with Crippen molar-refractivity contribution < 1.29 is 9.53 Å². The summed E-state index contributed by atoms with van der Waals surface area (Å²) in [5, 5.41) is 12.3. The molecule has 0 saturated heterocycles. The van der Waals surface area contributed by atoms with E-state index in [9.17, 15) is 4.79 Å². The van der Waals surface area contributed by atoms with Crippen molar-refractivity contribution in [1.82, 2.24) is 5.32 Å². The van der Waals surface area contributed by atoms with Crippen molar-refractivity contribution in [3.8, 4) is 6.07 Å². The van der Waals surface area contributed by atoms with E-state index >= 15 is 0 Å². The smallest absolute Gasteiger partial charge is 0.319 e. The van der Waals surface area contributed by atoms with E-state index in [2.05, 4.69) is 16.1 Å². The predicted molar refractivity (Wildman–Crippen MR) is 59.8 cm³/mol. The van der Waals surface area contributed by atoms with Crippen molar-refractivity contribution in [3.63, 3.8) is 0 Å². The Labute approximate surface area is 98.8 Å². The number of methoxy groups -OCH3 is 1. The summed E-state index contributed by atoms with van der Waals surface area (Å²) in [6.45, 7) is -0.00263. The first-order chi connectivity index (χ1) is 7.67. The van der Waals surface area contributed by atoms with Gasteiger partial charge in [0.15, 0.2) is 0 Å². The van der Waals surface area contributed by atoms with Crippen molar-refractivity contribution >= 4 is 17.6 Å². The van der Waals surface area contributed by atoms with Crippen molar-refractivity contribution in [3.05, 3.63) is 34.9 Å². The summed E-state index contributed by atoms with van der Waals surface area (Å²) >= 11 is 5.73. The van der Waals surface area contributed by atoms with E-state index in [0.717, 1.165) is 5.56 Å². The number of carbonyl (C=O) groups is 1. The summed E-state index contributed by atoms with van der Waals surface area (Å²) < 4.78 is 4.47. The van der Waals surface area contributed by atoms with Crippen molar-refractivity contribution in [2.24, 2.45) is 0 Å². The fourth-order valence-corrected chi connectivity index (χ4v) is 1.28. The number of carbonyl (C=O) groups excluding carboxylic acids is 1. The minimum absolute atomic E-state index is 0.00263. The van der Waals surface area contributed by atoms with Crippen molar-refractivity contribution in [2.75, 3.05) is 13.7 Å². The Kier molecular flexibility index (Phi) is 4.77. The third-order valence-electron chi connectivity index (χ3n) is 2.01.